The van der Waals surface area contributed by atoms with Gasteiger partial charge in [-0.15, -0.1) is 0 Å². The van der Waals surface area contributed by atoms with Crippen LogP contribution in [0.3, 0.4) is 0 Å². The molecule has 1 N–H and O–H groups in total. The zero-order valence-corrected chi connectivity index (χ0v) is 9.99. The summed E-state index contributed by atoms with van der Waals surface area (Å²) >= 11 is 0. The van der Waals surface area contributed by atoms with Crippen molar-refractivity contribution < 1.29 is 0 Å². The molecule has 0 aliphatic carbocycles. The molecule has 1 rings (SSSR count). The largest absolute Gasteiger partial charge is 0.353 e. The highest BCUT2D eigenvalue weighted by Gasteiger charge is 2.02. The van der Waals surface area contributed by atoms with Gasteiger partial charge in [0.05, 0.1) is 0 Å². The average Bonchev–Trinajstić information content (AvgIpc) is 2.20. The van der Waals surface area contributed by atoms with Crippen molar-refractivity contribution in [2.45, 2.75) is 26.8 Å². The topological polar surface area (TPSA) is 41.1 Å². The van der Waals surface area contributed by atoms with Gasteiger partial charge in [0, 0.05) is 31.5 Å². The van der Waals surface area contributed by atoms with E-state index >= 15 is 0 Å². The van der Waals surface area contributed by atoms with Gasteiger partial charge in [0.2, 0.25) is 5.95 Å². The Kier molecular flexibility index (Phi) is 4.49. The molecule has 0 aliphatic heterocycles. The van der Waals surface area contributed by atoms with Crippen LogP contribution >= 0.6 is 0 Å². The Bertz CT molecular complexity index is 281. The molecule has 0 fully saturated rings. The van der Waals surface area contributed by atoms with E-state index in [0.29, 0.717) is 12.0 Å². The van der Waals surface area contributed by atoms with Crippen LogP contribution in [0.1, 0.15) is 19.4 Å². The van der Waals surface area contributed by atoms with E-state index < -0.39 is 0 Å². The second-order valence-corrected chi connectivity index (χ2v) is 4.09. The third-order valence-electron chi connectivity index (χ3n) is 2.41. The zero-order chi connectivity index (χ0) is 11.3. The van der Waals surface area contributed by atoms with Gasteiger partial charge in [-0.3, -0.25) is 0 Å². The Hall–Kier alpha value is -1.16. The summed E-state index contributed by atoms with van der Waals surface area (Å²) in [6, 6.07) is 0.575. The van der Waals surface area contributed by atoms with Crippen LogP contribution in [-0.4, -0.2) is 41.0 Å². The van der Waals surface area contributed by atoms with Crippen molar-refractivity contribution in [3.63, 3.8) is 0 Å². The molecular formula is C11H20N4. The van der Waals surface area contributed by atoms with E-state index in [0.717, 1.165) is 18.7 Å². The summed E-state index contributed by atoms with van der Waals surface area (Å²) in [5.41, 5.74) is 1.08. The van der Waals surface area contributed by atoms with Gasteiger partial charge >= 0.3 is 0 Å². The second-order valence-electron chi connectivity index (χ2n) is 4.09. The molecule has 0 unspecified atom stereocenters. The summed E-state index contributed by atoms with van der Waals surface area (Å²) in [4.78, 5) is 10.6. The molecule has 84 valence electrons. The maximum atomic E-state index is 4.18. The Morgan fingerprint density at radius 1 is 1.33 bits per heavy atom. The third kappa shape index (κ3) is 4.25. The highest BCUT2D eigenvalue weighted by atomic mass is 15.2. The third-order valence-corrected chi connectivity index (χ3v) is 2.41. The molecule has 0 aromatic carbocycles. The molecule has 4 heteroatoms. The quantitative estimate of drug-likeness (QED) is 0.797. The molecule has 1 heterocycles. The first kappa shape index (κ1) is 11.9. The molecule has 0 saturated carbocycles. The van der Waals surface area contributed by atoms with Gasteiger partial charge in [0.15, 0.2) is 0 Å². The molecule has 0 atom stereocenters. The van der Waals surface area contributed by atoms with E-state index in [9.17, 15) is 0 Å². The number of anilines is 1. The molecule has 1 aromatic rings. The predicted octanol–water partition coefficient (Wildman–Crippen LogP) is 1.54. The van der Waals surface area contributed by atoms with Crippen LogP contribution in [0, 0.1) is 6.92 Å². The van der Waals surface area contributed by atoms with Crippen molar-refractivity contribution in [1.29, 1.82) is 0 Å². The lowest BCUT2D eigenvalue weighted by Gasteiger charge is -2.20. The van der Waals surface area contributed by atoms with Crippen LogP contribution in [0.2, 0.25) is 0 Å². The predicted molar refractivity (Wildman–Crippen MR) is 63.0 cm³/mol. The lowest BCUT2D eigenvalue weighted by Crippen LogP contribution is -2.31. The Morgan fingerprint density at radius 3 is 2.47 bits per heavy atom. The van der Waals surface area contributed by atoms with Crippen molar-refractivity contribution in [3.8, 4) is 0 Å². The maximum absolute atomic E-state index is 4.18. The van der Waals surface area contributed by atoms with Crippen LogP contribution < -0.4 is 5.32 Å². The maximum Gasteiger partial charge on any atom is 0.222 e. The number of aryl methyl sites for hydroxylation is 1. The average molecular weight is 208 g/mol. The van der Waals surface area contributed by atoms with E-state index in [4.69, 9.17) is 0 Å². The minimum atomic E-state index is 0.575. The van der Waals surface area contributed by atoms with E-state index in [1.807, 2.05) is 19.3 Å². The van der Waals surface area contributed by atoms with Crippen LogP contribution in [-0.2, 0) is 0 Å². The van der Waals surface area contributed by atoms with Crippen molar-refractivity contribution in [2.24, 2.45) is 0 Å². The molecule has 1 aromatic heterocycles. The smallest absolute Gasteiger partial charge is 0.222 e. The van der Waals surface area contributed by atoms with Crippen molar-refractivity contribution in [1.82, 2.24) is 14.9 Å². The van der Waals surface area contributed by atoms with E-state index in [1.54, 1.807) is 0 Å². The summed E-state index contributed by atoms with van der Waals surface area (Å²) in [6.45, 7) is 8.22. The second kappa shape index (κ2) is 5.66. The monoisotopic (exact) mass is 208 g/mol. The van der Waals surface area contributed by atoms with Crippen molar-refractivity contribution >= 4 is 5.95 Å². The van der Waals surface area contributed by atoms with Crippen molar-refractivity contribution in [3.05, 3.63) is 18.0 Å². The SMILES string of the molecule is Cc1cnc(NCCN(C)C(C)C)nc1. The molecule has 15 heavy (non-hydrogen) atoms. The van der Waals surface area contributed by atoms with Gasteiger partial charge < -0.3 is 10.2 Å². The van der Waals surface area contributed by atoms with Gasteiger partial charge in [-0.05, 0) is 33.4 Å². The first-order valence-corrected chi connectivity index (χ1v) is 5.32. The number of hydrogen-bond donors (Lipinski definition) is 1. The molecule has 0 bridgehead atoms. The Labute approximate surface area is 91.7 Å². The molecule has 0 amide bonds. The first-order chi connectivity index (χ1) is 7.09. The fourth-order valence-electron chi connectivity index (χ4n) is 1.09. The standard InChI is InChI=1S/C11H20N4/c1-9(2)15(4)6-5-12-11-13-7-10(3)8-14-11/h7-9H,5-6H2,1-4H3,(H,12,13,14). The summed E-state index contributed by atoms with van der Waals surface area (Å²) in [5.74, 6) is 0.706. The van der Waals surface area contributed by atoms with Crippen LogP contribution in [0.5, 0.6) is 0 Å². The number of nitrogens with one attached hydrogen (secondary N) is 1. The molecule has 0 aliphatic rings. The zero-order valence-electron chi connectivity index (χ0n) is 9.99. The molecular weight excluding hydrogens is 188 g/mol. The number of aromatic nitrogens is 2. The van der Waals surface area contributed by atoms with Crippen LogP contribution in [0.4, 0.5) is 5.95 Å². The molecule has 0 spiro atoms. The summed E-state index contributed by atoms with van der Waals surface area (Å²) < 4.78 is 0. The van der Waals surface area contributed by atoms with Gasteiger partial charge in [-0.2, -0.15) is 0 Å². The van der Waals surface area contributed by atoms with Crippen molar-refractivity contribution in [2.75, 3.05) is 25.5 Å². The van der Waals surface area contributed by atoms with Crippen LogP contribution in [0.15, 0.2) is 12.4 Å². The van der Waals surface area contributed by atoms with E-state index in [-0.39, 0.29) is 0 Å². The Balaban J connectivity index is 2.29. The highest BCUT2D eigenvalue weighted by molar-refractivity contribution is 5.23. The van der Waals surface area contributed by atoms with Crippen LogP contribution in [0.25, 0.3) is 0 Å². The number of rotatable bonds is 5. The summed E-state index contributed by atoms with van der Waals surface area (Å²) in [7, 11) is 2.11. The number of nitrogens with zero attached hydrogens (tertiary/aromatic N) is 3. The fourth-order valence-corrected chi connectivity index (χ4v) is 1.09. The van der Waals surface area contributed by atoms with Gasteiger partial charge in [-0.1, -0.05) is 0 Å². The van der Waals surface area contributed by atoms with E-state index in [1.165, 1.54) is 0 Å². The normalized spacial score (nSPS) is 11.1. The molecule has 0 saturated heterocycles. The van der Waals surface area contributed by atoms with E-state index in [2.05, 4.69) is 41.1 Å². The number of likely N-dealkylation sites (N-methyl/N-ethyl adjacent to an activating group) is 1. The van der Waals surface area contributed by atoms with Gasteiger partial charge in [0.1, 0.15) is 0 Å². The molecule has 4 nitrogen and oxygen atoms in total. The first-order valence-electron chi connectivity index (χ1n) is 5.32. The fraction of sp³-hybridized carbons (Fsp3) is 0.636. The Morgan fingerprint density at radius 2 is 1.93 bits per heavy atom. The highest BCUT2D eigenvalue weighted by Crippen LogP contribution is 1.98. The lowest BCUT2D eigenvalue weighted by molar-refractivity contribution is 0.284. The van der Waals surface area contributed by atoms with Gasteiger partial charge in [0.25, 0.3) is 0 Å². The molecule has 0 radical (unpaired) electrons. The number of hydrogen-bond acceptors (Lipinski definition) is 4. The summed E-state index contributed by atoms with van der Waals surface area (Å²) in [6.07, 6.45) is 3.64. The summed E-state index contributed by atoms with van der Waals surface area (Å²) in [5, 5.41) is 3.19. The van der Waals surface area contributed by atoms with Gasteiger partial charge in [-0.25, -0.2) is 9.97 Å². The minimum absolute atomic E-state index is 0.575. The lowest BCUT2D eigenvalue weighted by atomic mass is 10.3. The minimum Gasteiger partial charge on any atom is -0.353 e.